The van der Waals surface area contributed by atoms with Crippen LogP contribution in [0.2, 0.25) is 0 Å². The highest BCUT2D eigenvalue weighted by Gasteiger charge is 2.36. The van der Waals surface area contributed by atoms with Crippen molar-refractivity contribution in [3.05, 3.63) is 27.4 Å². The van der Waals surface area contributed by atoms with Gasteiger partial charge in [-0.3, -0.25) is 0 Å². The number of nitrogens with zero attached hydrogens (tertiary/aromatic N) is 2. The first-order chi connectivity index (χ1) is 14.3. The third kappa shape index (κ3) is 3.55. The minimum absolute atomic E-state index is 0.287. The van der Waals surface area contributed by atoms with Gasteiger partial charge < -0.3 is 25.2 Å². The fourth-order valence-corrected chi connectivity index (χ4v) is 5.88. The summed E-state index contributed by atoms with van der Waals surface area (Å²) in [7, 11) is 0. The molecule has 0 aromatic carbocycles. The van der Waals surface area contributed by atoms with Crippen LogP contribution in [0.15, 0.2) is 15.7 Å². The molecule has 0 radical (unpaired) electrons. The Hall–Kier alpha value is -2.23. The number of carboxylic acids is 1. The zero-order chi connectivity index (χ0) is 21.0. The van der Waals surface area contributed by atoms with E-state index in [1.807, 2.05) is 6.92 Å². The second-order valence-corrected chi connectivity index (χ2v) is 9.93. The molecule has 2 aromatic rings. The second-order valence-electron chi connectivity index (χ2n) is 8.82. The van der Waals surface area contributed by atoms with Crippen LogP contribution < -0.4 is 5.32 Å². The summed E-state index contributed by atoms with van der Waals surface area (Å²) in [6, 6.07) is 0. The topological polar surface area (TPSA) is 129 Å². The molecule has 1 saturated carbocycles. The fraction of sp³-hybridized carbons (Fsp3) is 0.571. The van der Waals surface area contributed by atoms with Crippen molar-refractivity contribution in [1.82, 2.24) is 10.1 Å². The van der Waals surface area contributed by atoms with Crippen LogP contribution in [-0.4, -0.2) is 43.3 Å². The summed E-state index contributed by atoms with van der Waals surface area (Å²) in [6.07, 6.45) is 4.61. The quantitative estimate of drug-likeness (QED) is 0.513. The SMILES string of the molecule is CC1(O)CCc2c(sc(NC(O)C3=C(C(=O)O)CCC3)c2-c2nc(C3CC3)no2)C1. The molecule has 3 aliphatic carbocycles. The van der Waals surface area contributed by atoms with Crippen LogP contribution in [0.3, 0.4) is 0 Å². The van der Waals surface area contributed by atoms with Gasteiger partial charge in [-0.25, -0.2) is 4.79 Å². The molecule has 5 rings (SSSR count). The van der Waals surface area contributed by atoms with Gasteiger partial charge in [-0.15, -0.1) is 11.3 Å². The Kier molecular flexibility index (Phi) is 4.72. The molecule has 9 heteroatoms. The molecule has 0 saturated heterocycles. The third-order valence-electron chi connectivity index (χ3n) is 6.26. The molecule has 2 atom stereocenters. The zero-order valence-corrected chi connectivity index (χ0v) is 17.6. The van der Waals surface area contributed by atoms with Gasteiger partial charge in [0.1, 0.15) is 11.2 Å². The maximum atomic E-state index is 11.5. The van der Waals surface area contributed by atoms with Gasteiger partial charge in [0.05, 0.1) is 11.2 Å². The number of hydrogen-bond acceptors (Lipinski definition) is 8. The number of thiophene rings is 1. The number of hydrogen-bond donors (Lipinski definition) is 4. The van der Waals surface area contributed by atoms with E-state index in [0.717, 1.165) is 35.3 Å². The lowest BCUT2D eigenvalue weighted by Gasteiger charge is -2.27. The van der Waals surface area contributed by atoms with Crippen molar-refractivity contribution >= 4 is 22.3 Å². The van der Waals surface area contributed by atoms with Gasteiger partial charge in [0.25, 0.3) is 5.89 Å². The number of aromatic nitrogens is 2. The Morgan fingerprint density at radius 2 is 2.13 bits per heavy atom. The largest absolute Gasteiger partial charge is 0.478 e. The van der Waals surface area contributed by atoms with Crippen LogP contribution in [0.25, 0.3) is 11.5 Å². The maximum absolute atomic E-state index is 11.5. The highest BCUT2D eigenvalue weighted by molar-refractivity contribution is 7.17. The summed E-state index contributed by atoms with van der Waals surface area (Å²) in [4.78, 5) is 17.1. The molecule has 8 nitrogen and oxygen atoms in total. The van der Waals surface area contributed by atoms with Gasteiger partial charge in [-0.05, 0) is 63.0 Å². The molecule has 3 aliphatic rings. The van der Waals surface area contributed by atoms with Crippen LogP contribution in [0, 0.1) is 0 Å². The molecule has 2 heterocycles. The maximum Gasteiger partial charge on any atom is 0.331 e. The molecule has 0 bridgehead atoms. The van der Waals surface area contributed by atoms with E-state index >= 15 is 0 Å². The van der Waals surface area contributed by atoms with Gasteiger partial charge in [0.15, 0.2) is 5.82 Å². The number of aliphatic hydroxyl groups is 2. The molecular weight excluding hydrogens is 406 g/mol. The van der Waals surface area contributed by atoms with Gasteiger partial charge in [0, 0.05) is 22.8 Å². The Bertz CT molecular complexity index is 1030. The van der Waals surface area contributed by atoms with Gasteiger partial charge in [-0.1, -0.05) is 5.16 Å². The summed E-state index contributed by atoms with van der Waals surface area (Å²) in [5.74, 6) is 0.521. The van der Waals surface area contributed by atoms with Gasteiger partial charge in [0.2, 0.25) is 0 Å². The molecule has 4 N–H and O–H groups in total. The van der Waals surface area contributed by atoms with Crippen LogP contribution in [0.1, 0.15) is 67.6 Å². The summed E-state index contributed by atoms with van der Waals surface area (Å²) < 4.78 is 5.59. The third-order valence-corrected chi connectivity index (χ3v) is 7.42. The summed E-state index contributed by atoms with van der Waals surface area (Å²) >= 11 is 1.46. The van der Waals surface area contributed by atoms with Gasteiger partial charge in [-0.2, -0.15) is 4.98 Å². The molecular formula is C21H25N3O5S. The van der Waals surface area contributed by atoms with Crippen molar-refractivity contribution < 1.29 is 24.6 Å². The Labute approximate surface area is 177 Å². The average Bonchev–Trinajstić information content (AvgIpc) is 3.10. The molecule has 1 fully saturated rings. The highest BCUT2D eigenvalue weighted by atomic mass is 32.1. The molecule has 2 aromatic heterocycles. The minimum atomic E-state index is -1.09. The van der Waals surface area contributed by atoms with E-state index in [2.05, 4.69) is 15.5 Å². The Morgan fingerprint density at radius 3 is 2.87 bits per heavy atom. The van der Waals surface area contributed by atoms with Crippen LogP contribution in [0.5, 0.6) is 0 Å². The first kappa shape index (κ1) is 19.7. The van der Waals surface area contributed by atoms with E-state index in [9.17, 15) is 20.1 Å². The number of aliphatic hydroxyl groups excluding tert-OH is 1. The van der Waals surface area contributed by atoms with E-state index in [0.29, 0.717) is 60.3 Å². The number of aliphatic carboxylic acids is 1. The number of carboxylic acid groups (broad SMARTS) is 1. The van der Waals surface area contributed by atoms with Crippen molar-refractivity contribution in [3.63, 3.8) is 0 Å². The molecule has 30 heavy (non-hydrogen) atoms. The van der Waals surface area contributed by atoms with E-state index < -0.39 is 17.8 Å². The van der Waals surface area contributed by atoms with Crippen LogP contribution in [-0.2, 0) is 17.6 Å². The number of anilines is 1. The van der Waals surface area contributed by atoms with E-state index in [-0.39, 0.29) is 5.57 Å². The van der Waals surface area contributed by atoms with E-state index in [1.165, 1.54) is 11.3 Å². The number of fused-ring (bicyclic) bond motifs is 1. The summed E-state index contributed by atoms with van der Waals surface area (Å²) in [6.45, 7) is 1.83. The lowest BCUT2D eigenvalue weighted by molar-refractivity contribution is -0.132. The zero-order valence-electron chi connectivity index (χ0n) is 16.8. The highest BCUT2D eigenvalue weighted by Crippen LogP contribution is 2.47. The molecule has 0 amide bonds. The fourth-order valence-electron chi connectivity index (χ4n) is 4.44. The van der Waals surface area contributed by atoms with Crippen molar-refractivity contribution in [3.8, 4) is 11.5 Å². The number of nitrogens with one attached hydrogen (secondary N) is 1. The first-order valence-corrected chi connectivity index (χ1v) is 11.2. The van der Waals surface area contributed by atoms with Crippen LogP contribution >= 0.6 is 11.3 Å². The summed E-state index contributed by atoms with van der Waals surface area (Å²) in [5.41, 5.74) is 1.87. The summed E-state index contributed by atoms with van der Waals surface area (Å²) in [5, 5.41) is 38.7. The molecule has 0 aliphatic heterocycles. The minimum Gasteiger partial charge on any atom is -0.478 e. The van der Waals surface area contributed by atoms with Crippen molar-refractivity contribution in [2.45, 2.75) is 76.0 Å². The predicted octanol–water partition coefficient (Wildman–Crippen LogP) is 3.21. The number of carbonyl (C=O) groups is 1. The standard InChI is InChI=1S/C21H25N3O5S/c1-21(28)8-7-13-14(9-21)30-19(15(13)18-22-16(24-29-18)10-5-6-10)23-17(25)11-3-2-4-12(11)20(26)27/h10,17,23,25,28H,2-9H2,1H3,(H,26,27). The first-order valence-electron chi connectivity index (χ1n) is 10.4. The van der Waals surface area contributed by atoms with Crippen molar-refractivity contribution in [1.29, 1.82) is 0 Å². The Morgan fingerprint density at radius 1 is 1.33 bits per heavy atom. The van der Waals surface area contributed by atoms with Gasteiger partial charge >= 0.3 is 5.97 Å². The predicted molar refractivity (Wildman–Crippen MR) is 110 cm³/mol. The van der Waals surface area contributed by atoms with E-state index in [4.69, 9.17) is 4.52 Å². The Balaban J connectivity index is 1.53. The van der Waals surface area contributed by atoms with Crippen molar-refractivity contribution in [2.24, 2.45) is 0 Å². The molecule has 0 spiro atoms. The van der Waals surface area contributed by atoms with E-state index in [1.54, 1.807) is 0 Å². The van der Waals surface area contributed by atoms with Crippen LogP contribution in [0.4, 0.5) is 5.00 Å². The number of rotatable bonds is 6. The molecule has 2 unspecified atom stereocenters. The lowest BCUT2D eigenvalue weighted by atomic mass is 9.85. The molecule has 160 valence electrons. The average molecular weight is 432 g/mol. The lowest BCUT2D eigenvalue weighted by Crippen LogP contribution is -2.31. The second kappa shape index (κ2) is 7.18. The monoisotopic (exact) mass is 431 g/mol. The smallest absolute Gasteiger partial charge is 0.331 e. The normalized spacial score (nSPS) is 24.8. The van der Waals surface area contributed by atoms with Crippen molar-refractivity contribution in [2.75, 3.05) is 5.32 Å².